The van der Waals surface area contributed by atoms with Crippen LogP contribution in [0.15, 0.2) is 36.4 Å². The van der Waals surface area contributed by atoms with Crippen LogP contribution in [0.4, 0.5) is 16.2 Å². The molecule has 0 bridgehead atoms. The van der Waals surface area contributed by atoms with E-state index in [4.69, 9.17) is 18.9 Å². The maximum Gasteiger partial charge on any atom is 0.321 e. The lowest BCUT2D eigenvalue weighted by Gasteiger charge is -2.35. The number of amides is 3. The molecule has 3 N–H and O–H groups in total. The van der Waals surface area contributed by atoms with Gasteiger partial charge in [-0.15, -0.1) is 0 Å². The van der Waals surface area contributed by atoms with Crippen molar-refractivity contribution in [2.75, 3.05) is 56.4 Å². The van der Waals surface area contributed by atoms with E-state index in [1.165, 1.54) is 15.9 Å². The second-order valence-corrected chi connectivity index (χ2v) is 13.5. The quantitative estimate of drug-likeness (QED) is 0.407. The fraction of sp³-hybridized carbons (Fsp3) is 0.548. The van der Waals surface area contributed by atoms with Crippen LogP contribution in [-0.4, -0.2) is 99.9 Å². The van der Waals surface area contributed by atoms with Gasteiger partial charge in [-0.2, -0.15) is 0 Å². The Morgan fingerprint density at radius 1 is 1.09 bits per heavy atom. The molecule has 14 heteroatoms. The number of carbonyl (C=O) groups excluding carboxylic acids is 2. The molecule has 4 atom stereocenters. The Labute approximate surface area is 264 Å². The van der Waals surface area contributed by atoms with Crippen molar-refractivity contribution >= 4 is 33.3 Å². The van der Waals surface area contributed by atoms with E-state index >= 15 is 0 Å². The molecule has 2 aromatic rings. The number of sulfonamides is 1. The molecular formula is C31H44N4O9S. The molecule has 2 heterocycles. The molecule has 0 saturated heterocycles. The number of hydrogen-bond acceptors (Lipinski definition) is 9. The molecule has 13 nitrogen and oxygen atoms in total. The van der Waals surface area contributed by atoms with Crippen LogP contribution >= 0.6 is 0 Å². The lowest BCUT2D eigenvalue weighted by atomic mass is 10.0. The van der Waals surface area contributed by atoms with Gasteiger partial charge < -0.3 is 39.2 Å². The Hall–Kier alpha value is -3.75. The van der Waals surface area contributed by atoms with Crippen molar-refractivity contribution < 1.29 is 42.1 Å². The molecule has 0 saturated carbocycles. The van der Waals surface area contributed by atoms with Gasteiger partial charge in [-0.3, -0.25) is 9.52 Å². The van der Waals surface area contributed by atoms with Crippen LogP contribution in [-0.2, 0) is 14.8 Å². The van der Waals surface area contributed by atoms with E-state index in [1.807, 2.05) is 13.8 Å². The summed E-state index contributed by atoms with van der Waals surface area (Å²) in [4.78, 5) is 30.3. The van der Waals surface area contributed by atoms with Crippen molar-refractivity contribution in [1.82, 2.24) is 9.80 Å². The number of hydrogen-bond donors (Lipinski definition) is 3. The predicted octanol–water partition coefficient (Wildman–Crippen LogP) is 3.75. The largest absolute Gasteiger partial charge is 0.490 e. The molecule has 4 rings (SSSR count). The zero-order valence-corrected chi connectivity index (χ0v) is 27.3. The molecule has 0 aromatic heterocycles. The van der Waals surface area contributed by atoms with Crippen molar-refractivity contribution in [3.05, 3.63) is 42.0 Å². The highest BCUT2D eigenvalue weighted by Gasteiger charge is 2.31. The highest BCUT2D eigenvalue weighted by atomic mass is 32.2. The summed E-state index contributed by atoms with van der Waals surface area (Å²) in [5.74, 6) is 0.826. The Morgan fingerprint density at radius 3 is 2.53 bits per heavy atom. The number of likely N-dealkylation sites (N-methyl/N-ethyl adjacent to an activating group) is 1. The van der Waals surface area contributed by atoms with E-state index in [0.717, 1.165) is 19.1 Å². The lowest BCUT2D eigenvalue weighted by molar-refractivity contribution is -0.0115. The van der Waals surface area contributed by atoms with Crippen molar-refractivity contribution in [1.29, 1.82) is 0 Å². The third-order valence-electron chi connectivity index (χ3n) is 7.78. The number of aliphatic hydroxyl groups is 1. The summed E-state index contributed by atoms with van der Waals surface area (Å²) in [5.41, 5.74) is 0.963. The summed E-state index contributed by atoms with van der Waals surface area (Å²) in [6.45, 7) is 6.31. The minimum Gasteiger partial charge on any atom is -0.490 e. The first-order chi connectivity index (χ1) is 21.3. The van der Waals surface area contributed by atoms with E-state index in [9.17, 15) is 23.1 Å². The van der Waals surface area contributed by atoms with Gasteiger partial charge in [-0.25, -0.2) is 13.2 Å². The Bertz CT molecular complexity index is 1450. The molecule has 248 valence electrons. The monoisotopic (exact) mass is 648 g/mol. The van der Waals surface area contributed by atoms with Crippen molar-refractivity contribution in [2.45, 2.75) is 58.3 Å². The third kappa shape index (κ3) is 9.38. The molecule has 0 radical (unpaired) electrons. The minimum atomic E-state index is -3.59. The summed E-state index contributed by atoms with van der Waals surface area (Å²) >= 11 is 0. The summed E-state index contributed by atoms with van der Waals surface area (Å²) in [7, 11) is -1.92. The van der Waals surface area contributed by atoms with Gasteiger partial charge in [0, 0.05) is 50.1 Å². The van der Waals surface area contributed by atoms with Gasteiger partial charge in [-0.05, 0) is 63.4 Å². The van der Waals surface area contributed by atoms with Crippen LogP contribution < -0.4 is 24.2 Å². The van der Waals surface area contributed by atoms with Crippen LogP contribution in [0.25, 0.3) is 0 Å². The van der Waals surface area contributed by atoms with Gasteiger partial charge in [0.25, 0.3) is 5.91 Å². The number of fused-ring (bicyclic) bond motifs is 2. The Morgan fingerprint density at radius 2 is 1.80 bits per heavy atom. The number of benzene rings is 2. The van der Waals surface area contributed by atoms with Gasteiger partial charge in [0.05, 0.1) is 36.7 Å². The van der Waals surface area contributed by atoms with E-state index in [0.29, 0.717) is 36.0 Å². The van der Waals surface area contributed by atoms with Crippen LogP contribution in [0.5, 0.6) is 17.2 Å². The first-order valence-corrected chi connectivity index (χ1v) is 17.0. The zero-order valence-electron chi connectivity index (χ0n) is 26.4. The number of rotatable bonds is 7. The van der Waals surface area contributed by atoms with Gasteiger partial charge in [0.1, 0.15) is 5.75 Å². The smallest absolute Gasteiger partial charge is 0.321 e. The number of nitrogens with zero attached hydrogens (tertiary/aromatic N) is 2. The molecule has 2 aromatic carbocycles. The molecule has 2 aliphatic rings. The fourth-order valence-electron chi connectivity index (χ4n) is 5.21. The van der Waals surface area contributed by atoms with E-state index in [-0.39, 0.29) is 55.8 Å². The maximum atomic E-state index is 14.1. The minimum absolute atomic E-state index is 0.133. The second kappa shape index (κ2) is 15.0. The van der Waals surface area contributed by atoms with Gasteiger partial charge in [0.2, 0.25) is 16.8 Å². The summed E-state index contributed by atoms with van der Waals surface area (Å²) in [5, 5.41) is 13.0. The molecule has 0 aliphatic carbocycles. The van der Waals surface area contributed by atoms with Crippen molar-refractivity contribution in [3.8, 4) is 17.2 Å². The summed E-state index contributed by atoms with van der Waals surface area (Å²) < 4.78 is 49.5. The molecule has 0 spiro atoms. The van der Waals surface area contributed by atoms with Gasteiger partial charge in [-0.1, -0.05) is 6.92 Å². The number of urea groups is 1. The van der Waals surface area contributed by atoms with E-state index in [1.54, 1.807) is 44.3 Å². The Balaban J connectivity index is 1.57. The average molecular weight is 649 g/mol. The predicted molar refractivity (Wildman–Crippen MR) is 170 cm³/mol. The first-order valence-electron chi connectivity index (χ1n) is 15.1. The van der Waals surface area contributed by atoms with Crippen LogP contribution in [0, 0.1) is 5.92 Å². The SMILES string of the molecule is C[C@H]1CCCCO[C@H](CN(C)C(=O)Nc2ccc3c(c2)OCO3)[C@@H](C)CN([C@@H](C)CO)C(=O)c2cc(NS(C)(=O)=O)ccc2O1. The lowest BCUT2D eigenvalue weighted by Crippen LogP contribution is -2.48. The summed E-state index contributed by atoms with van der Waals surface area (Å²) in [6.07, 6.45) is 2.66. The maximum absolute atomic E-state index is 14.1. The highest BCUT2D eigenvalue weighted by molar-refractivity contribution is 7.92. The molecular weight excluding hydrogens is 604 g/mol. The second-order valence-electron chi connectivity index (χ2n) is 11.8. The van der Waals surface area contributed by atoms with Crippen LogP contribution in [0.2, 0.25) is 0 Å². The molecule has 0 fully saturated rings. The van der Waals surface area contributed by atoms with E-state index in [2.05, 4.69) is 10.0 Å². The average Bonchev–Trinajstić information content (AvgIpc) is 3.45. The number of anilines is 2. The third-order valence-corrected chi connectivity index (χ3v) is 8.39. The number of nitrogens with one attached hydrogen (secondary N) is 2. The molecule has 2 aliphatic heterocycles. The Kier molecular flexibility index (Phi) is 11.4. The molecule has 0 unspecified atom stereocenters. The normalized spacial score (nSPS) is 21.6. The first kappa shape index (κ1) is 34.1. The van der Waals surface area contributed by atoms with Gasteiger partial charge >= 0.3 is 6.03 Å². The topological polar surface area (TPSA) is 156 Å². The standard InChI is InChI=1S/C31H44N4O9S/c1-20-16-35(21(2)18-36)30(37)25-14-24(33-45(5,39)40)10-11-26(25)44-22(3)8-6-7-13-41-29(20)17-34(4)31(38)32-23-9-12-27-28(15-23)43-19-42-27/h9-12,14-15,20-22,29,33,36H,6-8,13,16-19H2,1-5H3,(H,32,38)/t20-,21-,22-,29+/m0/s1. The number of ether oxygens (including phenoxy) is 4. The van der Waals surface area contributed by atoms with Crippen molar-refractivity contribution in [2.24, 2.45) is 5.92 Å². The summed E-state index contributed by atoms with van der Waals surface area (Å²) in [6, 6.07) is 8.87. The number of carbonyl (C=O) groups is 2. The molecule has 3 amide bonds. The van der Waals surface area contributed by atoms with Crippen LogP contribution in [0.3, 0.4) is 0 Å². The fourth-order valence-corrected chi connectivity index (χ4v) is 5.76. The van der Waals surface area contributed by atoms with Crippen LogP contribution in [0.1, 0.15) is 50.4 Å². The van der Waals surface area contributed by atoms with Gasteiger partial charge in [0.15, 0.2) is 11.5 Å². The molecule has 45 heavy (non-hydrogen) atoms. The zero-order chi connectivity index (χ0) is 32.7. The van der Waals surface area contributed by atoms with E-state index < -0.39 is 28.1 Å². The van der Waals surface area contributed by atoms with Crippen molar-refractivity contribution in [3.63, 3.8) is 0 Å². The number of aliphatic hydroxyl groups excluding tert-OH is 1. The highest BCUT2D eigenvalue weighted by Crippen LogP contribution is 2.34.